The Morgan fingerprint density at radius 3 is 2.74 bits per heavy atom. The molecule has 0 radical (unpaired) electrons. The standard InChI is InChI=1S/C20H22N6O7S/c1-12-8-16(25(23-12)15-6-7-34(32,33)11-15)21-17(27)10-24-18(28)20(2,22-19(24)29)13-4-3-5-14(9-13)26(30)31/h3-5,8-9,15H,6-7,10-11H2,1-2H3,(H,21,27)(H,22,29). The number of sulfone groups is 1. The molecule has 1 aromatic heterocycles. The average Bonchev–Trinajstić information content (AvgIpc) is 3.38. The van der Waals surface area contributed by atoms with E-state index in [1.54, 1.807) is 13.0 Å². The Morgan fingerprint density at radius 2 is 2.09 bits per heavy atom. The summed E-state index contributed by atoms with van der Waals surface area (Å²) in [5.74, 6) is -1.22. The summed E-state index contributed by atoms with van der Waals surface area (Å²) >= 11 is 0. The zero-order valence-corrected chi connectivity index (χ0v) is 19.2. The maximum atomic E-state index is 13.1. The maximum Gasteiger partial charge on any atom is 0.325 e. The molecule has 2 aliphatic heterocycles. The number of nitro benzene ring substituents is 1. The third kappa shape index (κ3) is 4.23. The van der Waals surface area contributed by atoms with E-state index in [1.807, 2.05) is 0 Å². The number of urea groups is 1. The molecule has 0 spiro atoms. The summed E-state index contributed by atoms with van der Waals surface area (Å²) in [4.78, 5) is 49.5. The number of nitrogens with zero attached hydrogens (tertiary/aromatic N) is 4. The van der Waals surface area contributed by atoms with Crippen LogP contribution in [0.25, 0.3) is 0 Å². The first-order valence-corrected chi connectivity index (χ1v) is 12.2. The van der Waals surface area contributed by atoms with Crippen molar-refractivity contribution in [2.75, 3.05) is 23.4 Å². The molecule has 2 saturated heterocycles. The van der Waals surface area contributed by atoms with Crippen LogP contribution in [-0.2, 0) is 25.0 Å². The first kappa shape index (κ1) is 23.4. The Bertz CT molecular complexity index is 1320. The minimum Gasteiger partial charge on any atom is -0.319 e. The third-order valence-electron chi connectivity index (χ3n) is 5.89. The average molecular weight is 490 g/mol. The van der Waals surface area contributed by atoms with Crippen molar-refractivity contribution in [2.24, 2.45) is 0 Å². The predicted molar refractivity (Wildman–Crippen MR) is 119 cm³/mol. The smallest absolute Gasteiger partial charge is 0.319 e. The van der Waals surface area contributed by atoms with Crippen molar-refractivity contribution < 1.29 is 27.7 Å². The van der Waals surface area contributed by atoms with E-state index >= 15 is 0 Å². The van der Waals surface area contributed by atoms with Crippen molar-refractivity contribution in [3.05, 3.63) is 51.7 Å². The second-order valence-electron chi connectivity index (χ2n) is 8.47. The van der Waals surface area contributed by atoms with Gasteiger partial charge in [-0.05, 0) is 25.8 Å². The number of carbonyl (C=O) groups excluding carboxylic acids is 3. The Balaban J connectivity index is 1.50. The number of hydrogen-bond donors (Lipinski definition) is 2. The number of carbonyl (C=O) groups is 3. The van der Waals surface area contributed by atoms with Gasteiger partial charge in [0.1, 0.15) is 17.9 Å². The van der Waals surface area contributed by atoms with Crippen LogP contribution in [0.1, 0.15) is 30.6 Å². The Hall–Kier alpha value is -3.81. The first-order chi connectivity index (χ1) is 15.9. The summed E-state index contributed by atoms with van der Waals surface area (Å²) < 4.78 is 25.1. The van der Waals surface area contributed by atoms with Gasteiger partial charge in [-0.15, -0.1) is 0 Å². The molecule has 4 amide bonds. The lowest BCUT2D eigenvalue weighted by Gasteiger charge is -2.22. The number of nitrogens with one attached hydrogen (secondary N) is 2. The lowest BCUT2D eigenvalue weighted by Crippen LogP contribution is -2.42. The van der Waals surface area contributed by atoms with Gasteiger partial charge in [0.2, 0.25) is 5.91 Å². The van der Waals surface area contributed by atoms with Crippen LogP contribution in [0.2, 0.25) is 0 Å². The summed E-state index contributed by atoms with van der Waals surface area (Å²) in [7, 11) is -3.18. The Labute approximate surface area is 194 Å². The molecular formula is C20H22N6O7S. The fraction of sp³-hybridized carbons (Fsp3) is 0.400. The van der Waals surface area contributed by atoms with Gasteiger partial charge < -0.3 is 10.6 Å². The van der Waals surface area contributed by atoms with Crippen LogP contribution >= 0.6 is 0 Å². The van der Waals surface area contributed by atoms with E-state index in [0.29, 0.717) is 12.1 Å². The molecule has 14 heteroatoms. The van der Waals surface area contributed by atoms with Gasteiger partial charge in [-0.2, -0.15) is 5.10 Å². The van der Waals surface area contributed by atoms with Gasteiger partial charge in [0.15, 0.2) is 9.84 Å². The normalized spacial score (nSPS) is 23.7. The van der Waals surface area contributed by atoms with Gasteiger partial charge in [-0.3, -0.25) is 24.6 Å². The van der Waals surface area contributed by atoms with Crippen molar-refractivity contribution in [2.45, 2.75) is 31.8 Å². The monoisotopic (exact) mass is 490 g/mol. The van der Waals surface area contributed by atoms with E-state index < -0.39 is 50.7 Å². The lowest BCUT2D eigenvalue weighted by molar-refractivity contribution is -0.385. The van der Waals surface area contributed by atoms with Crippen LogP contribution in [0.15, 0.2) is 30.3 Å². The molecule has 0 aliphatic carbocycles. The van der Waals surface area contributed by atoms with Crippen LogP contribution in [0.4, 0.5) is 16.3 Å². The van der Waals surface area contributed by atoms with E-state index in [2.05, 4.69) is 15.7 Å². The zero-order valence-electron chi connectivity index (χ0n) is 18.3. The zero-order chi connectivity index (χ0) is 24.8. The van der Waals surface area contributed by atoms with Gasteiger partial charge >= 0.3 is 6.03 Å². The number of amides is 4. The number of imide groups is 1. The Morgan fingerprint density at radius 1 is 1.35 bits per heavy atom. The first-order valence-electron chi connectivity index (χ1n) is 10.3. The molecule has 180 valence electrons. The van der Waals surface area contributed by atoms with Crippen LogP contribution in [-0.4, -0.2) is 63.9 Å². The van der Waals surface area contributed by atoms with Crippen molar-refractivity contribution in [3.63, 3.8) is 0 Å². The van der Waals surface area contributed by atoms with E-state index in [-0.39, 0.29) is 28.6 Å². The minimum absolute atomic E-state index is 0.0304. The molecule has 1 aromatic carbocycles. The van der Waals surface area contributed by atoms with E-state index in [0.717, 1.165) is 4.90 Å². The highest BCUT2D eigenvalue weighted by molar-refractivity contribution is 7.91. The predicted octanol–water partition coefficient (Wildman–Crippen LogP) is 0.865. The molecule has 2 atom stereocenters. The summed E-state index contributed by atoms with van der Waals surface area (Å²) in [6.07, 6.45) is 0.362. The Kier molecular flexibility index (Phi) is 5.63. The molecule has 0 bridgehead atoms. The van der Waals surface area contributed by atoms with E-state index in [4.69, 9.17) is 0 Å². The molecule has 2 aromatic rings. The van der Waals surface area contributed by atoms with Crippen LogP contribution in [0, 0.1) is 17.0 Å². The summed E-state index contributed by atoms with van der Waals surface area (Å²) in [6.45, 7) is 2.49. The second kappa shape index (κ2) is 8.20. The van der Waals surface area contributed by atoms with E-state index in [9.17, 15) is 32.9 Å². The molecule has 2 N–H and O–H groups in total. The molecule has 34 heavy (non-hydrogen) atoms. The highest BCUT2D eigenvalue weighted by atomic mass is 32.2. The van der Waals surface area contributed by atoms with Crippen molar-refractivity contribution in [1.29, 1.82) is 0 Å². The van der Waals surface area contributed by atoms with Gasteiger partial charge in [-0.1, -0.05) is 12.1 Å². The molecule has 4 rings (SSSR count). The van der Waals surface area contributed by atoms with Crippen LogP contribution < -0.4 is 10.6 Å². The number of non-ortho nitro benzene ring substituents is 1. The number of nitro groups is 1. The quantitative estimate of drug-likeness (QED) is 0.341. The molecule has 2 unspecified atom stereocenters. The molecular weight excluding hydrogens is 468 g/mol. The fourth-order valence-corrected chi connectivity index (χ4v) is 5.84. The van der Waals surface area contributed by atoms with Crippen molar-refractivity contribution in [3.8, 4) is 0 Å². The van der Waals surface area contributed by atoms with Gasteiger partial charge in [-0.25, -0.2) is 17.9 Å². The number of benzene rings is 1. The largest absolute Gasteiger partial charge is 0.325 e. The summed E-state index contributed by atoms with van der Waals surface area (Å²) in [5, 5.41) is 20.5. The lowest BCUT2D eigenvalue weighted by atomic mass is 9.91. The molecule has 13 nitrogen and oxygen atoms in total. The second-order valence-corrected chi connectivity index (χ2v) is 10.7. The van der Waals surface area contributed by atoms with Crippen LogP contribution in [0.3, 0.4) is 0 Å². The summed E-state index contributed by atoms with van der Waals surface area (Å²) in [6, 6.07) is 5.66. The maximum absolute atomic E-state index is 13.1. The molecule has 0 saturated carbocycles. The van der Waals surface area contributed by atoms with Gasteiger partial charge in [0, 0.05) is 18.2 Å². The summed E-state index contributed by atoms with van der Waals surface area (Å²) in [5.41, 5.74) is -1.05. The topological polar surface area (TPSA) is 174 Å². The highest BCUT2D eigenvalue weighted by Crippen LogP contribution is 2.31. The van der Waals surface area contributed by atoms with Crippen molar-refractivity contribution in [1.82, 2.24) is 20.0 Å². The number of hydrogen-bond acceptors (Lipinski definition) is 8. The van der Waals surface area contributed by atoms with Crippen LogP contribution in [0.5, 0.6) is 0 Å². The molecule has 2 fully saturated rings. The van der Waals surface area contributed by atoms with Gasteiger partial charge in [0.25, 0.3) is 11.6 Å². The fourth-order valence-electron chi connectivity index (χ4n) is 4.15. The SMILES string of the molecule is Cc1cc(NC(=O)CN2C(=O)NC(C)(c3cccc([N+](=O)[O-])c3)C2=O)n(C2CCS(=O)(=O)C2)n1. The number of aryl methyl sites for hydroxylation is 1. The number of aromatic nitrogens is 2. The number of rotatable bonds is 6. The minimum atomic E-state index is -3.18. The van der Waals surface area contributed by atoms with Gasteiger partial charge in [0.05, 0.1) is 28.2 Å². The molecule has 3 heterocycles. The van der Waals surface area contributed by atoms with Crippen molar-refractivity contribution >= 4 is 39.2 Å². The molecule has 2 aliphatic rings. The highest BCUT2D eigenvalue weighted by Gasteiger charge is 2.50. The number of anilines is 1. The third-order valence-corrected chi connectivity index (χ3v) is 7.64. The van der Waals surface area contributed by atoms with E-state index in [1.165, 1.54) is 35.9 Å².